The minimum absolute atomic E-state index is 0.135. The van der Waals surface area contributed by atoms with Gasteiger partial charge >= 0.3 is 0 Å². The van der Waals surface area contributed by atoms with E-state index in [1.165, 1.54) is 12.7 Å². The first-order valence-corrected chi connectivity index (χ1v) is 10.1. The van der Waals surface area contributed by atoms with Gasteiger partial charge in [0.2, 0.25) is 5.91 Å². The zero-order valence-electron chi connectivity index (χ0n) is 17.1. The lowest BCUT2D eigenvalue weighted by atomic mass is 9.89. The van der Waals surface area contributed by atoms with Crippen LogP contribution in [0.1, 0.15) is 36.8 Å². The summed E-state index contributed by atoms with van der Waals surface area (Å²) in [4.78, 5) is 33.5. The van der Waals surface area contributed by atoms with E-state index in [9.17, 15) is 14.7 Å². The van der Waals surface area contributed by atoms with Gasteiger partial charge in [-0.25, -0.2) is 4.98 Å². The Morgan fingerprint density at radius 3 is 2.53 bits per heavy atom. The third-order valence-corrected chi connectivity index (χ3v) is 5.83. The first-order valence-electron chi connectivity index (χ1n) is 10.1. The second-order valence-corrected chi connectivity index (χ2v) is 7.67. The van der Waals surface area contributed by atoms with Crippen molar-refractivity contribution in [3.63, 3.8) is 0 Å². The maximum atomic E-state index is 12.7. The molecule has 1 saturated heterocycles. The number of nitrogens with zero attached hydrogens (tertiary/aromatic N) is 2. The third kappa shape index (κ3) is 3.80. The van der Waals surface area contributed by atoms with E-state index in [4.69, 9.17) is 4.74 Å². The Bertz CT molecular complexity index is 1130. The fourth-order valence-corrected chi connectivity index (χ4v) is 4.12. The SMILES string of the molecule is COc1cc(CO)cc2nc(-c3ccc(C4CCN(C(C)=O)CC4)cc3)[nH]c(=O)c12. The average molecular weight is 407 g/mol. The predicted octanol–water partition coefficient (Wildman–Crippen LogP) is 2.82. The van der Waals surface area contributed by atoms with Gasteiger partial charge in [0.1, 0.15) is 17.0 Å². The van der Waals surface area contributed by atoms with Gasteiger partial charge < -0.3 is 19.7 Å². The van der Waals surface area contributed by atoms with Crippen molar-refractivity contribution in [3.8, 4) is 17.1 Å². The molecule has 0 radical (unpaired) electrons. The monoisotopic (exact) mass is 407 g/mol. The van der Waals surface area contributed by atoms with Crippen molar-refractivity contribution in [1.82, 2.24) is 14.9 Å². The highest BCUT2D eigenvalue weighted by Crippen LogP contribution is 2.30. The number of aromatic amines is 1. The highest BCUT2D eigenvalue weighted by atomic mass is 16.5. The van der Waals surface area contributed by atoms with Crippen molar-refractivity contribution < 1.29 is 14.6 Å². The van der Waals surface area contributed by atoms with Crippen molar-refractivity contribution in [2.24, 2.45) is 0 Å². The molecule has 1 fully saturated rings. The molecule has 0 saturated carbocycles. The highest BCUT2D eigenvalue weighted by molar-refractivity contribution is 5.86. The maximum absolute atomic E-state index is 12.7. The molecule has 0 atom stereocenters. The number of aliphatic hydroxyl groups excluding tert-OH is 1. The van der Waals surface area contributed by atoms with Crippen LogP contribution in [0.3, 0.4) is 0 Å². The summed E-state index contributed by atoms with van der Waals surface area (Å²) in [6.45, 7) is 3.03. The summed E-state index contributed by atoms with van der Waals surface area (Å²) in [6, 6.07) is 11.4. The third-order valence-electron chi connectivity index (χ3n) is 5.83. The Kier molecular flexibility index (Phi) is 5.55. The van der Waals surface area contributed by atoms with Crippen LogP contribution < -0.4 is 10.3 Å². The molecule has 7 heteroatoms. The summed E-state index contributed by atoms with van der Waals surface area (Å²) < 4.78 is 5.31. The van der Waals surface area contributed by atoms with Crippen LogP contribution in [0.15, 0.2) is 41.2 Å². The fraction of sp³-hybridized carbons (Fsp3) is 0.348. The number of benzene rings is 2. The minimum atomic E-state index is -0.281. The zero-order chi connectivity index (χ0) is 21.3. The molecule has 2 N–H and O–H groups in total. The summed E-state index contributed by atoms with van der Waals surface area (Å²) in [6.07, 6.45) is 1.90. The van der Waals surface area contributed by atoms with Gasteiger partial charge in [-0.2, -0.15) is 0 Å². The summed E-state index contributed by atoms with van der Waals surface area (Å²) in [5, 5.41) is 9.85. The van der Waals surface area contributed by atoms with Crippen LogP contribution in [-0.2, 0) is 11.4 Å². The molecule has 156 valence electrons. The normalized spacial score (nSPS) is 14.8. The van der Waals surface area contributed by atoms with Gasteiger partial charge in [-0.1, -0.05) is 24.3 Å². The molecule has 3 aromatic rings. The van der Waals surface area contributed by atoms with Gasteiger partial charge in [-0.3, -0.25) is 9.59 Å². The number of fused-ring (bicyclic) bond motifs is 1. The van der Waals surface area contributed by atoms with Crippen LogP contribution in [0.2, 0.25) is 0 Å². The largest absolute Gasteiger partial charge is 0.496 e. The molecule has 1 aromatic heterocycles. The van der Waals surface area contributed by atoms with Crippen LogP contribution >= 0.6 is 0 Å². The van der Waals surface area contributed by atoms with Gasteiger partial charge in [0, 0.05) is 25.6 Å². The molecule has 4 rings (SSSR count). The Hall–Kier alpha value is -3.19. The number of amides is 1. The molecule has 7 nitrogen and oxygen atoms in total. The number of aliphatic hydroxyl groups is 1. The minimum Gasteiger partial charge on any atom is -0.496 e. The van der Waals surface area contributed by atoms with E-state index in [-0.39, 0.29) is 18.1 Å². The molecule has 0 bridgehead atoms. The van der Waals surface area contributed by atoms with Crippen molar-refractivity contribution >= 4 is 16.8 Å². The van der Waals surface area contributed by atoms with Crippen molar-refractivity contribution in [2.75, 3.05) is 20.2 Å². The number of ether oxygens (including phenoxy) is 1. The molecular formula is C23H25N3O4. The van der Waals surface area contributed by atoms with Gasteiger partial charge in [-0.05, 0) is 42.0 Å². The van der Waals surface area contributed by atoms with Gasteiger partial charge in [0.25, 0.3) is 5.56 Å². The number of nitrogens with one attached hydrogen (secondary N) is 1. The van der Waals surface area contributed by atoms with Crippen LogP contribution in [0.5, 0.6) is 5.75 Å². The quantitative estimate of drug-likeness (QED) is 0.693. The number of aromatic nitrogens is 2. The smallest absolute Gasteiger partial charge is 0.262 e. The van der Waals surface area contributed by atoms with Crippen LogP contribution in [-0.4, -0.2) is 46.1 Å². The lowest BCUT2D eigenvalue weighted by molar-refractivity contribution is -0.129. The lowest BCUT2D eigenvalue weighted by Crippen LogP contribution is -2.36. The Morgan fingerprint density at radius 2 is 1.93 bits per heavy atom. The van der Waals surface area contributed by atoms with Crippen LogP contribution in [0.25, 0.3) is 22.3 Å². The maximum Gasteiger partial charge on any atom is 0.262 e. The Morgan fingerprint density at radius 1 is 1.23 bits per heavy atom. The lowest BCUT2D eigenvalue weighted by Gasteiger charge is -2.31. The molecule has 30 heavy (non-hydrogen) atoms. The van der Waals surface area contributed by atoms with Crippen molar-refractivity contribution in [3.05, 3.63) is 57.9 Å². The summed E-state index contributed by atoms with van der Waals surface area (Å²) in [7, 11) is 1.49. The first kappa shape index (κ1) is 20.1. The van der Waals surface area contributed by atoms with Crippen LogP contribution in [0.4, 0.5) is 0 Å². The Labute approximate surface area is 174 Å². The second-order valence-electron chi connectivity index (χ2n) is 7.67. The molecule has 1 aliphatic rings. The Balaban J connectivity index is 1.63. The summed E-state index contributed by atoms with van der Waals surface area (Å²) in [5.41, 5.74) is 2.88. The number of rotatable bonds is 4. The number of H-pyrrole nitrogens is 1. The van der Waals surface area contributed by atoms with E-state index in [0.717, 1.165) is 31.5 Å². The first-order chi connectivity index (χ1) is 14.5. The fourth-order valence-electron chi connectivity index (χ4n) is 4.12. The number of methoxy groups -OCH3 is 1. The van der Waals surface area contributed by atoms with E-state index >= 15 is 0 Å². The van der Waals surface area contributed by atoms with Gasteiger partial charge in [0.05, 0.1) is 19.2 Å². The number of hydrogen-bond donors (Lipinski definition) is 2. The standard InChI is InChI=1S/C23H25N3O4/c1-14(28)26-9-7-17(8-10-26)16-3-5-18(6-4-16)22-24-19-11-15(13-27)12-20(30-2)21(19)23(29)25-22/h3-6,11-12,17,27H,7-10,13H2,1-2H3,(H,24,25,29). The number of hydrogen-bond acceptors (Lipinski definition) is 5. The molecule has 0 spiro atoms. The summed E-state index contributed by atoms with van der Waals surface area (Å²) in [5.74, 6) is 1.43. The van der Waals surface area contributed by atoms with E-state index in [2.05, 4.69) is 22.1 Å². The van der Waals surface area contributed by atoms with E-state index in [0.29, 0.717) is 34.0 Å². The topological polar surface area (TPSA) is 95.5 Å². The number of piperidine rings is 1. The van der Waals surface area contributed by atoms with Crippen molar-refractivity contribution in [1.29, 1.82) is 0 Å². The number of likely N-dealkylation sites (tertiary alicyclic amines) is 1. The summed E-state index contributed by atoms with van der Waals surface area (Å²) >= 11 is 0. The highest BCUT2D eigenvalue weighted by Gasteiger charge is 2.22. The molecule has 0 aliphatic carbocycles. The number of carbonyl (C=O) groups excluding carboxylic acids is 1. The molecule has 1 aliphatic heterocycles. The molecular weight excluding hydrogens is 382 g/mol. The predicted molar refractivity (Wildman–Crippen MR) is 115 cm³/mol. The molecule has 0 unspecified atom stereocenters. The molecule has 2 heterocycles. The van der Waals surface area contributed by atoms with E-state index in [1.807, 2.05) is 17.0 Å². The van der Waals surface area contributed by atoms with E-state index < -0.39 is 0 Å². The second kappa shape index (κ2) is 8.28. The van der Waals surface area contributed by atoms with Crippen molar-refractivity contribution in [2.45, 2.75) is 32.3 Å². The van der Waals surface area contributed by atoms with Crippen LogP contribution in [0, 0.1) is 0 Å². The molecule has 2 aromatic carbocycles. The zero-order valence-corrected chi connectivity index (χ0v) is 17.1. The average Bonchev–Trinajstić information content (AvgIpc) is 2.78. The van der Waals surface area contributed by atoms with Gasteiger partial charge in [-0.15, -0.1) is 0 Å². The van der Waals surface area contributed by atoms with Gasteiger partial charge in [0.15, 0.2) is 0 Å². The van der Waals surface area contributed by atoms with E-state index in [1.54, 1.807) is 19.1 Å². The molecule has 1 amide bonds. The number of carbonyl (C=O) groups is 1.